The molecule has 0 saturated heterocycles. The maximum Gasteiger partial charge on any atom is 0.425 e. The van der Waals surface area contributed by atoms with Gasteiger partial charge in [0.2, 0.25) is 0 Å². The monoisotopic (exact) mass is 366 g/mol. The van der Waals surface area contributed by atoms with Crippen LogP contribution in [0.3, 0.4) is 0 Å². The third-order valence-corrected chi connectivity index (χ3v) is 2.64. The van der Waals surface area contributed by atoms with Crippen molar-refractivity contribution in [3.8, 4) is 0 Å². The van der Waals surface area contributed by atoms with Crippen molar-refractivity contribution in [1.82, 2.24) is 0 Å². The van der Waals surface area contributed by atoms with Crippen LogP contribution in [0.15, 0.2) is 0 Å². The van der Waals surface area contributed by atoms with Gasteiger partial charge < -0.3 is 9.47 Å². The van der Waals surface area contributed by atoms with Crippen molar-refractivity contribution < 1.29 is 55.0 Å². The van der Waals surface area contributed by atoms with Gasteiger partial charge in [-0.1, -0.05) is 13.8 Å². The van der Waals surface area contributed by atoms with E-state index in [1.807, 2.05) is 0 Å². The molecule has 0 rings (SSSR count). The number of carbonyl (C=O) groups is 4. The number of ether oxygens (including phenoxy) is 2. The zero-order valence-corrected chi connectivity index (χ0v) is 12.3. The van der Waals surface area contributed by atoms with E-state index in [9.17, 15) is 45.5 Å². The molecule has 24 heavy (non-hydrogen) atoms. The standard InChI is InChI=1S/C12H12F6O6/c1-5(11(13,14)15)3-7(19)23-9(21)10(22)24-8(20)4-6(2)12(16,17)18/h5-6H,3-4H2,1-2H3. The van der Waals surface area contributed by atoms with Crippen molar-refractivity contribution in [3.63, 3.8) is 0 Å². The normalized spacial score (nSPS) is 14.5. The summed E-state index contributed by atoms with van der Waals surface area (Å²) >= 11 is 0. The fourth-order valence-electron chi connectivity index (χ4n) is 1.10. The number of hydrogen-bond acceptors (Lipinski definition) is 6. The predicted molar refractivity (Wildman–Crippen MR) is 61.9 cm³/mol. The van der Waals surface area contributed by atoms with Gasteiger partial charge in [-0.2, -0.15) is 26.3 Å². The Hall–Kier alpha value is -2.14. The van der Waals surface area contributed by atoms with Crippen LogP contribution in [0.25, 0.3) is 0 Å². The van der Waals surface area contributed by atoms with Crippen LogP contribution in [0.4, 0.5) is 26.3 Å². The summed E-state index contributed by atoms with van der Waals surface area (Å²) in [4.78, 5) is 44.1. The van der Waals surface area contributed by atoms with Crippen molar-refractivity contribution >= 4 is 23.9 Å². The lowest BCUT2D eigenvalue weighted by Gasteiger charge is -2.14. The van der Waals surface area contributed by atoms with Crippen LogP contribution >= 0.6 is 0 Å². The second-order valence-electron chi connectivity index (χ2n) is 4.82. The third kappa shape index (κ3) is 7.92. The average molecular weight is 366 g/mol. The van der Waals surface area contributed by atoms with Crippen LogP contribution in [-0.2, 0) is 28.7 Å². The van der Waals surface area contributed by atoms with Gasteiger partial charge in [0.15, 0.2) is 0 Å². The van der Waals surface area contributed by atoms with Gasteiger partial charge in [-0.15, -0.1) is 0 Å². The summed E-state index contributed by atoms with van der Waals surface area (Å²) in [5.74, 6) is -12.0. The van der Waals surface area contributed by atoms with E-state index in [-0.39, 0.29) is 0 Å². The van der Waals surface area contributed by atoms with Crippen LogP contribution in [0.1, 0.15) is 26.7 Å². The van der Waals surface area contributed by atoms with Crippen molar-refractivity contribution in [2.45, 2.75) is 39.0 Å². The van der Waals surface area contributed by atoms with Crippen LogP contribution in [0.5, 0.6) is 0 Å². The lowest BCUT2D eigenvalue weighted by atomic mass is 10.1. The van der Waals surface area contributed by atoms with Gasteiger partial charge in [-0.05, 0) is 0 Å². The highest BCUT2D eigenvalue weighted by Gasteiger charge is 2.40. The second kappa shape index (κ2) is 8.11. The van der Waals surface area contributed by atoms with E-state index in [0.29, 0.717) is 13.8 Å². The molecular weight excluding hydrogens is 354 g/mol. The molecule has 0 saturated carbocycles. The van der Waals surface area contributed by atoms with E-state index in [1.165, 1.54) is 0 Å². The Bertz CT molecular complexity index is 463. The quantitative estimate of drug-likeness (QED) is 0.328. The maximum atomic E-state index is 12.2. The highest BCUT2D eigenvalue weighted by Crippen LogP contribution is 2.29. The van der Waals surface area contributed by atoms with Crippen LogP contribution < -0.4 is 0 Å². The molecule has 12 heteroatoms. The molecule has 0 N–H and O–H groups in total. The first-order valence-corrected chi connectivity index (χ1v) is 6.27. The maximum absolute atomic E-state index is 12.2. The number of hydrogen-bond donors (Lipinski definition) is 0. The van der Waals surface area contributed by atoms with E-state index in [2.05, 4.69) is 9.47 Å². The van der Waals surface area contributed by atoms with Gasteiger partial charge >= 0.3 is 36.2 Å². The van der Waals surface area contributed by atoms with Crippen molar-refractivity contribution in [1.29, 1.82) is 0 Å². The van der Waals surface area contributed by atoms with Crippen LogP contribution in [0.2, 0.25) is 0 Å². The molecule has 0 aromatic rings. The molecule has 6 nitrogen and oxygen atoms in total. The summed E-state index contributed by atoms with van der Waals surface area (Å²) in [6, 6.07) is 0. The Labute approximate surface area is 131 Å². The lowest BCUT2D eigenvalue weighted by Crippen LogP contribution is -2.30. The Morgan fingerprint density at radius 1 is 0.708 bits per heavy atom. The molecule has 0 spiro atoms. The zero-order valence-electron chi connectivity index (χ0n) is 12.3. The van der Waals surface area contributed by atoms with Gasteiger partial charge in [0.05, 0.1) is 24.7 Å². The molecule has 0 radical (unpaired) electrons. The SMILES string of the molecule is CC(CC(=O)OC(=O)C(=O)OC(=O)CC(C)C(F)(F)F)C(F)(F)F. The highest BCUT2D eigenvalue weighted by molar-refractivity contribution is 6.33. The minimum Gasteiger partial charge on any atom is -0.384 e. The fourth-order valence-corrected chi connectivity index (χ4v) is 1.10. The van der Waals surface area contributed by atoms with Gasteiger partial charge in [-0.25, -0.2) is 9.59 Å². The first-order valence-electron chi connectivity index (χ1n) is 6.27. The Morgan fingerprint density at radius 2 is 0.958 bits per heavy atom. The predicted octanol–water partition coefficient (Wildman–Crippen LogP) is 2.30. The van der Waals surface area contributed by atoms with Crippen molar-refractivity contribution in [2.24, 2.45) is 11.8 Å². The van der Waals surface area contributed by atoms with Gasteiger partial charge in [0, 0.05) is 0 Å². The molecule has 2 atom stereocenters. The molecule has 2 unspecified atom stereocenters. The molecule has 0 heterocycles. The van der Waals surface area contributed by atoms with E-state index < -0.39 is 60.9 Å². The fraction of sp³-hybridized carbons (Fsp3) is 0.667. The third-order valence-electron chi connectivity index (χ3n) is 2.64. The van der Waals surface area contributed by atoms with Crippen molar-refractivity contribution in [3.05, 3.63) is 0 Å². The zero-order chi connectivity index (χ0) is 19.3. The second-order valence-corrected chi connectivity index (χ2v) is 4.82. The largest absolute Gasteiger partial charge is 0.425 e. The Balaban J connectivity index is 4.45. The molecule has 0 aliphatic carbocycles. The minimum atomic E-state index is -4.74. The molecule has 0 amide bonds. The average Bonchev–Trinajstić information content (AvgIpc) is 2.35. The molecule has 0 aromatic heterocycles. The van der Waals surface area contributed by atoms with E-state index in [4.69, 9.17) is 0 Å². The molecule has 138 valence electrons. The first kappa shape index (κ1) is 21.9. The first-order chi connectivity index (χ1) is 10.6. The molecule has 0 fully saturated rings. The molecule has 0 aromatic carbocycles. The van der Waals surface area contributed by atoms with Gasteiger partial charge in [0.1, 0.15) is 0 Å². The number of alkyl halides is 6. The smallest absolute Gasteiger partial charge is 0.384 e. The van der Waals surface area contributed by atoms with Crippen LogP contribution in [-0.4, -0.2) is 36.2 Å². The van der Waals surface area contributed by atoms with E-state index in [0.717, 1.165) is 0 Å². The van der Waals surface area contributed by atoms with E-state index in [1.54, 1.807) is 0 Å². The molecular formula is C12H12F6O6. The highest BCUT2D eigenvalue weighted by atomic mass is 19.4. The topological polar surface area (TPSA) is 86.7 Å². The summed E-state index contributed by atoms with van der Waals surface area (Å²) in [6.45, 7) is 1.23. The Morgan fingerprint density at radius 3 is 1.17 bits per heavy atom. The summed E-state index contributed by atoms with van der Waals surface area (Å²) < 4.78 is 80.5. The number of carbonyl (C=O) groups excluding carboxylic acids is 4. The van der Waals surface area contributed by atoms with Gasteiger partial charge in [0.25, 0.3) is 0 Å². The number of halogens is 6. The molecule has 0 bridgehead atoms. The minimum absolute atomic E-state index is 0.617. The van der Waals surface area contributed by atoms with E-state index >= 15 is 0 Å². The summed E-state index contributed by atoms with van der Waals surface area (Å²) in [5.41, 5.74) is 0. The van der Waals surface area contributed by atoms with Crippen LogP contribution in [0, 0.1) is 11.8 Å². The summed E-state index contributed by atoms with van der Waals surface area (Å²) in [6.07, 6.45) is -12.0. The Kier molecular flexibility index (Phi) is 7.38. The van der Waals surface area contributed by atoms with Crippen molar-refractivity contribution in [2.75, 3.05) is 0 Å². The van der Waals surface area contributed by atoms with Gasteiger partial charge in [-0.3, -0.25) is 9.59 Å². The molecule has 0 aliphatic rings. The summed E-state index contributed by atoms with van der Waals surface area (Å²) in [7, 11) is 0. The lowest BCUT2D eigenvalue weighted by molar-refractivity contribution is -0.189. The number of rotatable bonds is 4. The summed E-state index contributed by atoms with van der Waals surface area (Å²) in [5, 5.41) is 0. The number of esters is 4. The molecule has 0 aliphatic heterocycles.